The first kappa shape index (κ1) is 14.9. The van der Waals surface area contributed by atoms with Crippen molar-refractivity contribution in [3.05, 3.63) is 69.9 Å². The second kappa shape index (κ2) is 5.59. The van der Waals surface area contributed by atoms with Gasteiger partial charge in [-0.3, -0.25) is 14.7 Å². The van der Waals surface area contributed by atoms with E-state index in [4.69, 9.17) is 0 Å². The van der Waals surface area contributed by atoms with Crippen LogP contribution in [0, 0.1) is 0 Å². The number of H-pyrrole nitrogens is 2. The standard InChI is InChI=1S/C19H17N5O2/c25-18(9-12-10-20-15-4-2-1-3-13(12)15)23-8-6-14-16(11-23)22-17-5-7-21-24(17)19(14)26/h1-5,7,10,20-21H,6,8-9,11H2. The predicted molar refractivity (Wildman–Crippen MR) is 96.9 cm³/mol. The zero-order chi connectivity index (χ0) is 17.7. The van der Waals surface area contributed by atoms with Gasteiger partial charge in [0.1, 0.15) is 0 Å². The van der Waals surface area contributed by atoms with Crippen LogP contribution in [-0.4, -0.2) is 36.9 Å². The Balaban J connectivity index is 1.42. The van der Waals surface area contributed by atoms with Gasteiger partial charge in [-0.05, 0) is 18.1 Å². The number of nitrogens with zero attached hydrogens (tertiary/aromatic N) is 3. The van der Waals surface area contributed by atoms with Gasteiger partial charge in [0.25, 0.3) is 5.56 Å². The summed E-state index contributed by atoms with van der Waals surface area (Å²) < 4.78 is 1.45. The summed E-state index contributed by atoms with van der Waals surface area (Å²) in [7, 11) is 0. The molecular formula is C19H17N5O2. The van der Waals surface area contributed by atoms with E-state index in [-0.39, 0.29) is 11.5 Å². The highest BCUT2D eigenvalue weighted by Gasteiger charge is 2.25. The van der Waals surface area contributed by atoms with E-state index in [1.54, 1.807) is 17.2 Å². The Morgan fingerprint density at radius 3 is 3.04 bits per heavy atom. The number of amides is 1. The van der Waals surface area contributed by atoms with Crippen LogP contribution in [0.2, 0.25) is 0 Å². The number of carbonyl (C=O) groups excluding carboxylic acids is 1. The van der Waals surface area contributed by atoms with Crippen LogP contribution in [0.5, 0.6) is 0 Å². The first-order valence-corrected chi connectivity index (χ1v) is 8.61. The molecule has 26 heavy (non-hydrogen) atoms. The highest BCUT2D eigenvalue weighted by atomic mass is 16.2. The van der Waals surface area contributed by atoms with Crippen molar-refractivity contribution in [2.24, 2.45) is 0 Å². The second-order valence-corrected chi connectivity index (χ2v) is 6.60. The van der Waals surface area contributed by atoms with Gasteiger partial charge in [-0.1, -0.05) is 18.2 Å². The van der Waals surface area contributed by atoms with E-state index in [0.29, 0.717) is 42.8 Å². The maximum absolute atomic E-state index is 12.8. The van der Waals surface area contributed by atoms with Crippen molar-refractivity contribution < 1.29 is 4.79 Å². The van der Waals surface area contributed by atoms with Crippen molar-refractivity contribution in [1.82, 2.24) is 24.5 Å². The molecule has 0 aliphatic carbocycles. The van der Waals surface area contributed by atoms with E-state index in [2.05, 4.69) is 15.1 Å². The SMILES string of the molecule is O=C(Cc1c[nH]c2ccccc12)N1CCc2c(nc3cc[nH]n3c2=O)C1. The fourth-order valence-corrected chi connectivity index (χ4v) is 3.70. The van der Waals surface area contributed by atoms with Crippen molar-refractivity contribution in [2.75, 3.05) is 6.54 Å². The van der Waals surface area contributed by atoms with Gasteiger partial charge in [0.15, 0.2) is 5.65 Å². The molecule has 3 aromatic heterocycles. The summed E-state index contributed by atoms with van der Waals surface area (Å²) in [5.41, 5.74) is 3.93. The average molecular weight is 347 g/mol. The Morgan fingerprint density at radius 1 is 1.23 bits per heavy atom. The molecule has 0 spiro atoms. The predicted octanol–water partition coefficient (Wildman–Crippen LogP) is 1.63. The van der Waals surface area contributed by atoms with Crippen molar-refractivity contribution in [1.29, 1.82) is 0 Å². The lowest BCUT2D eigenvalue weighted by Crippen LogP contribution is -2.40. The van der Waals surface area contributed by atoms with Gasteiger partial charge in [-0.15, -0.1) is 0 Å². The van der Waals surface area contributed by atoms with Gasteiger partial charge >= 0.3 is 0 Å². The highest BCUT2D eigenvalue weighted by Crippen LogP contribution is 2.21. The van der Waals surface area contributed by atoms with Gasteiger partial charge in [0.2, 0.25) is 5.91 Å². The number of rotatable bonds is 2. The molecule has 0 saturated heterocycles. The summed E-state index contributed by atoms with van der Waals surface area (Å²) in [5, 5.41) is 3.95. The Bertz CT molecular complexity index is 1200. The highest BCUT2D eigenvalue weighted by molar-refractivity contribution is 5.89. The second-order valence-electron chi connectivity index (χ2n) is 6.60. The molecule has 0 radical (unpaired) electrons. The van der Waals surface area contributed by atoms with E-state index >= 15 is 0 Å². The van der Waals surface area contributed by atoms with E-state index in [1.165, 1.54) is 4.52 Å². The minimum absolute atomic E-state index is 0.0523. The lowest BCUT2D eigenvalue weighted by Gasteiger charge is -2.27. The minimum atomic E-state index is -0.0706. The molecule has 4 aromatic rings. The fraction of sp³-hybridized carbons (Fsp3) is 0.211. The van der Waals surface area contributed by atoms with Crippen LogP contribution in [0.25, 0.3) is 16.6 Å². The van der Waals surface area contributed by atoms with Crippen LogP contribution in [0.4, 0.5) is 0 Å². The molecule has 7 heteroatoms. The number of fused-ring (bicyclic) bond motifs is 3. The third-order valence-corrected chi connectivity index (χ3v) is 5.07. The third kappa shape index (κ3) is 2.24. The van der Waals surface area contributed by atoms with Gasteiger partial charge < -0.3 is 9.88 Å². The maximum atomic E-state index is 12.8. The molecular weight excluding hydrogens is 330 g/mol. The number of para-hydroxylation sites is 1. The monoisotopic (exact) mass is 347 g/mol. The zero-order valence-electron chi connectivity index (χ0n) is 14.0. The molecule has 1 amide bonds. The summed E-state index contributed by atoms with van der Waals surface area (Å²) in [6.45, 7) is 0.922. The summed E-state index contributed by atoms with van der Waals surface area (Å²) in [4.78, 5) is 34.9. The minimum Gasteiger partial charge on any atom is -0.361 e. The largest absolute Gasteiger partial charge is 0.361 e. The number of carbonyl (C=O) groups is 1. The molecule has 1 aromatic carbocycles. The van der Waals surface area contributed by atoms with Crippen molar-refractivity contribution >= 4 is 22.5 Å². The van der Waals surface area contributed by atoms with E-state index in [0.717, 1.165) is 16.5 Å². The molecule has 4 heterocycles. The quantitative estimate of drug-likeness (QED) is 0.578. The number of hydrogen-bond acceptors (Lipinski definition) is 3. The van der Waals surface area contributed by atoms with Gasteiger partial charge in [0.05, 0.1) is 18.7 Å². The first-order chi connectivity index (χ1) is 12.7. The summed E-state index contributed by atoms with van der Waals surface area (Å²) >= 11 is 0. The molecule has 7 nitrogen and oxygen atoms in total. The number of aromatic amines is 2. The van der Waals surface area contributed by atoms with Crippen LogP contribution >= 0.6 is 0 Å². The van der Waals surface area contributed by atoms with Crippen LogP contribution in [0.3, 0.4) is 0 Å². The van der Waals surface area contributed by atoms with E-state index < -0.39 is 0 Å². The molecule has 0 saturated carbocycles. The number of aromatic nitrogens is 4. The number of nitrogens with one attached hydrogen (secondary N) is 2. The summed E-state index contributed by atoms with van der Waals surface area (Å²) in [6.07, 6.45) is 4.46. The number of hydrogen-bond donors (Lipinski definition) is 2. The van der Waals surface area contributed by atoms with E-state index in [1.807, 2.05) is 30.5 Å². The van der Waals surface area contributed by atoms with Gasteiger partial charge in [-0.2, -0.15) is 0 Å². The maximum Gasteiger partial charge on any atom is 0.276 e. The summed E-state index contributed by atoms with van der Waals surface area (Å²) in [5.74, 6) is 0.0523. The van der Waals surface area contributed by atoms with Crippen molar-refractivity contribution in [3.8, 4) is 0 Å². The molecule has 0 unspecified atom stereocenters. The van der Waals surface area contributed by atoms with Crippen molar-refractivity contribution in [3.63, 3.8) is 0 Å². The lowest BCUT2D eigenvalue weighted by molar-refractivity contribution is -0.131. The molecule has 1 aliphatic heterocycles. The molecule has 0 fully saturated rings. The Morgan fingerprint density at radius 2 is 2.12 bits per heavy atom. The van der Waals surface area contributed by atoms with Crippen molar-refractivity contribution in [2.45, 2.75) is 19.4 Å². The molecule has 0 bridgehead atoms. The molecule has 0 atom stereocenters. The smallest absolute Gasteiger partial charge is 0.276 e. The number of benzene rings is 1. The first-order valence-electron chi connectivity index (χ1n) is 8.61. The van der Waals surface area contributed by atoms with Gasteiger partial charge in [-0.25, -0.2) is 9.50 Å². The van der Waals surface area contributed by atoms with Gasteiger partial charge in [0, 0.05) is 41.5 Å². The Kier molecular flexibility index (Phi) is 3.21. The zero-order valence-corrected chi connectivity index (χ0v) is 14.0. The fourth-order valence-electron chi connectivity index (χ4n) is 3.70. The van der Waals surface area contributed by atoms with E-state index in [9.17, 15) is 9.59 Å². The lowest BCUT2D eigenvalue weighted by atomic mass is 10.0. The third-order valence-electron chi connectivity index (χ3n) is 5.07. The average Bonchev–Trinajstić information content (AvgIpc) is 3.29. The molecule has 1 aliphatic rings. The van der Waals surface area contributed by atoms with Crippen LogP contribution < -0.4 is 5.56 Å². The summed E-state index contributed by atoms with van der Waals surface area (Å²) in [6, 6.07) is 9.72. The van der Waals surface area contributed by atoms with Crippen LogP contribution in [-0.2, 0) is 24.2 Å². The normalized spacial score (nSPS) is 14.1. The molecule has 5 rings (SSSR count). The van der Waals surface area contributed by atoms with Crippen LogP contribution in [0.1, 0.15) is 16.8 Å². The Labute approximate surface area is 148 Å². The topological polar surface area (TPSA) is 86.3 Å². The Hall–Kier alpha value is -3.35. The molecule has 130 valence electrons. The van der Waals surface area contributed by atoms with Crippen LogP contribution in [0.15, 0.2) is 47.5 Å². The molecule has 2 N–H and O–H groups in total.